The number of para-hydroxylation sites is 2. The number of rotatable bonds is 14. The summed E-state index contributed by atoms with van der Waals surface area (Å²) in [6, 6.07) is 25.6. The number of carbonyl (C=O) groups is 1. The summed E-state index contributed by atoms with van der Waals surface area (Å²) >= 11 is 0. The summed E-state index contributed by atoms with van der Waals surface area (Å²) in [5, 5.41) is 3.06. The summed E-state index contributed by atoms with van der Waals surface area (Å²) in [7, 11) is 1.61. The number of nitrogens with one attached hydrogen (secondary N) is 1. The predicted octanol–water partition coefficient (Wildman–Crippen LogP) is 6.82. The number of ether oxygens (including phenoxy) is 2. The van der Waals surface area contributed by atoms with Crippen molar-refractivity contribution in [2.24, 2.45) is 0 Å². The fourth-order valence-corrected chi connectivity index (χ4v) is 4.30. The Morgan fingerprint density at radius 2 is 1.57 bits per heavy atom. The molecule has 3 rings (SSSR count). The van der Waals surface area contributed by atoms with Crippen LogP contribution in [0, 0.1) is 0 Å². The van der Waals surface area contributed by atoms with Gasteiger partial charge in [-0.25, -0.2) is 4.79 Å². The Balaban J connectivity index is 1.68. The first-order chi connectivity index (χ1) is 18.0. The van der Waals surface area contributed by atoms with Crippen LogP contribution in [0.1, 0.15) is 44.7 Å². The molecule has 0 bridgehead atoms. The quantitative estimate of drug-likeness (QED) is 0.262. The van der Waals surface area contributed by atoms with E-state index in [9.17, 15) is 4.79 Å². The van der Waals surface area contributed by atoms with Crippen LogP contribution in [0.4, 0.5) is 10.5 Å². The standard InChI is InChI=1S/C31H41N3O3/c1-5-33(6-2)22-12-13-25(3)34(31(35)32-29-16-10-11-17-30(29)36-4)23-26-18-20-28(21-19-26)37-24-27-14-8-7-9-15-27/h7-11,14-21,25H,5-6,12-13,22-24H2,1-4H3,(H,32,35). The van der Waals surface area contributed by atoms with Gasteiger partial charge in [0.15, 0.2) is 0 Å². The molecular weight excluding hydrogens is 462 g/mol. The second-order valence-electron chi connectivity index (χ2n) is 9.19. The van der Waals surface area contributed by atoms with E-state index >= 15 is 0 Å². The molecule has 3 aromatic carbocycles. The molecule has 1 N–H and O–H groups in total. The van der Waals surface area contributed by atoms with Crippen molar-refractivity contribution in [3.05, 3.63) is 90.0 Å². The van der Waals surface area contributed by atoms with Crippen molar-refractivity contribution in [1.29, 1.82) is 0 Å². The highest BCUT2D eigenvalue weighted by molar-refractivity contribution is 5.91. The smallest absolute Gasteiger partial charge is 0.322 e. The van der Waals surface area contributed by atoms with Crippen molar-refractivity contribution < 1.29 is 14.3 Å². The molecule has 6 nitrogen and oxygen atoms in total. The maximum absolute atomic E-state index is 13.5. The van der Waals surface area contributed by atoms with E-state index in [4.69, 9.17) is 9.47 Å². The van der Waals surface area contributed by atoms with Crippen LogP contribution in [0.2, 0.25) is 0 Å². The predicted molar refractivity (Wildman–Crippen MR) is 151 cm³/mol. The van der Waals surface area contributed by atoms with Gasteiger partial charge in [-0.05, 0) is 74.8 Å². The molecule has 198 valence electrons. The maximum Gasteiger partial charge on any atom is 0.322 e. The van der Waals surface area contributed by atoms with Crippen molar-refractivity contribution in [2.75, 3.05) is 32.1 Å². The van der Waals surface area contributed by atoms with E-state index in [1.165, 1.54) is 0 Å². The number of amides is 2. The Bertz CT molecular complexity index is 1070. The molecule has 0 saturated carbocycles. The summed E-state index contributed by atoms with van der Waals surface area (Å²) in [5.74, 6) is 1.45. The molecule has 0 aliphatic carbocycles. The summed E-state index contributed by atoms with van der Waals surface area (Å²) < 4.78 is 11.4. The zero-order valence-electron chi connectivity index (χ0n) is 22.7. The number of anilines is 1. The number of carbonyl (C=O) groups excluding carboxylic acids is 1. The number of benzene rings is 3. The summed E-state index contributed by atoms with van der Waals surface area (Å²) in [6.07, 6.45) is 1.96. The molecule has 2 amide bonds. The van der Waals surface area contributed by atoms with E-state index in [1.807, 2.05) is 83.8 Å². The van der Waals surface area contributed by atoms with Crippen LogP contribution in [0.15, 0.2) is 78.9 Å². The number of urea groups is 1. The van der Waals surface area contributed by atoms with Crippen LogP contribution < -0.4 is 14.8 Å². The first-order valence-electron chi connectivity index (χ1n) is 13.2. The van der Waals surface area contributed by atoms with Crippen molar-refractivity contribution in [3.63, 3.8) is 0 Å². The highest BCUT2D eigenvalue weighted by atomic mass is 16.5. The Morgan fingerprint density at radius 1 is 0.892 bits per heavy atom. The van der Waals surface area contributed by atoms with Gasteiger partial charge < -0.3 is 24.6 Å². The van der Waals surface area contributed by atoms with Crippen molar-refractivity contribution >= 4 is 11.7 Å². The maximum atomic E-state index is 13.5. The van der Waals surface area contributed by atoms with Crippen LogP contribution >= 0.6 is 0 Å². The molecule has 6 heteroatoms. The molecule has 1 atom stereocenters. The van der Waals surface area contributed by atoms with Crippen LogP contribution in [0.5, 0.6) is 11.5 Å². The number of hydrogen-bond acceptors (Lipinski definition) is 4. The lowest BCUT2D eigenvalue weighted by Gasteiger charge is -2.30. The number of methoxy groups -OCH3 is 1. The molecule has 3 aromatic rings. The first-order valence-corrected chi connectivity index (χ1v) is 13.2. The minimum Gasteiger partial charge on any atom is -0.495 e. The lowest BCUT2D eigenvalue weighted by molar-refractivity contribution is 0.180. The third-order valence-corrected chi connectivity index (χ3v) is 6.66. The summed E-state index contributed by atoms with van der Waals surface area (Å²) in [5.41, 5.74) is 2.85. The normalized spacial score (nSPS) is 11.7. The fourth-order valence-electron chi connectivity index (χ4n) is 4.30. The van der Waals surface area contributed by atoms with Gasteiger partial charge in [0.2, 0.25) is 0 Å². The largest absolute Gasteiger partial charge is 0.495 e. The zero-order chi connectivity index (χ0) is 26.5. The van der Waals surface area contributed by atoms with Crippen molar-refractivity contribution in [1.82, 2.24) is 9.80 Å². The third kappa shape index (κ3) is 8.83. The average molecular weight is 504 g/mol. The molecule has 0 aliphatic rings. The highest BCUT2D eigenvalue weighted by Gasteiger charge is 2.22. The Morgan fingerprint density at radius 3 is 2.24 bits per heavy atom. The summed E-state index contributed by atoms with van der Waals surface area (Å²) in [4.78, 5) is 17.8. The highest BCUT2D eigenvalue weighted by Crippen LogP contribution is 2.25. The van der Waals surface area contributed by atoms with Gasteiger partial charge in [0.1, 0.15) is 18.1 Å². The van der Waals surface area contributed by atoms with E-state index in [0.717, 1.165) is 49.4 Å². The molecule has 0 fully saturated rings. The molecule has 37 heavy (non-hydrogen) atoms. The lowest BCUT2D eigenvalue weighted by atomic mass is 10.1. The zero-order valence-corrected chi connectivity index (χ0v) is 22.7. The van der Waals surface area contributed by atoms with Crippen molar-refractivity contribution in [2.45, 2.75) is 52.8 Å². The third-order valence-electron chi connectivity index (χ3n) is 6.66. The van der Waals surface area contributed by atoms with E-state index in [-0.39, 0.29) is 12.1 Å². The Labute approximate surface area is 222 Å². The molecule has 0 spiro atoms. The van der Waals surface area contributed by atoms with Gasteiger partial charge in [0.25, 0.3) is 0 Å². The van der Waals surface area contributed by atoms with Crippen molar-refractivity contribution in [3.8, 4) is 11.5 Å². The van der Waals surface area contributed by atoms with Gasteiger partial charge in [-0.15, -0.1) is 0 Å². The Hall–Kier alpha value is -3.51. The van der Waals surface area contributed by atoms with Gasteiger partial charge in [0.05, 0.1) is 12.8 Å². The van der Waals surface area contributed by atoms with E-state index < -0.39 is 0 Å². The minimum atomic E-state index is -0.135. The van der Waals surface area contributed by atoms with E-state index in [1.54, 1.807) is 7.11 Å². The van der Waals surface area contributed by atoms with Crippen LogP contribution in [-0.4, -0.2) is 48.6 Å². The van der Waals surface area contributed by atoms with E-state index in [2.05, 4.69) is 31.0 Å². The van der Waals surface area contributed by atoms with Gasteiger partial charge in [-0.3, -0.25) is 0 Å². The number of hydrogen-bond donors (Lipinski definition) is 1. The molecule has 0 radical (unpaired) electrons. The second-order valence-corrected chi connectivity index (χ2v) is 9.19. The molecule has 0 heterocycles. The summed E-state index contributed by atoms with van der Waals surface area (Å²) in [6.45, 7) is 10.7. The molecule has 0 aliphatic heterocycles. The van der Waals surface area contributed by atoms with Gasteiger partial charge in [0, 0.05) is 12.6 Å². The van der Waals surface area contributed by atoms with Gasteiger partial charge in [-0.1, -0.05) is 68.4 Å². The SMILES string of the molecule is CCN(CC)CCCC(C)N(Cc1ccc(OCc2ccccc2)cc1)C(=O)Nc1ccccc1OC. The van der Waals surface area contributed by atoms with Crippen LogP contribution in [0.25, 0.3) is 0 Å². The second kappa shape index (κ2) is 14.9. The van der Waals surface area contributed by atoms with Gasteiger partial charge in [-0.2, -0.15) is 0 Å². The molecule has 1 unspecified atom stereocenters. The fraction of sp³-hybridized carbons (Fsp3) is 0.387. The number of nitrogens with zero attached hydrogens (tertiary/aromatic N) is 2. The van der Waals surface area contributed by atoms with Crippen LogP contribution in [0.3, 0.4) is 0 Å². The lowest BCUT2D eigenvalue weighted by Crippen LogP contribution is -2.41. The minimum absolute atomic E-state index is 0.0688. The van der Waals surface area contributed by atoms with Gasteiger partial charge >= 0.3 is 6.03 Å². The van der Waals surface area contributed by atoms with E-state index in [0.29, 0.717) is 24.6 Å². The monoisotopic (exact) mass is 503 g/mol. The van der Waals surface area contributed by atoms with Crippen LogP contribution in [-0.2, 0) is 13.2 Å². The first kappa shape index (κ1) is 28.1. The Kier molecular flexibility index (Phi) is 11.3. The average Bonchev–Trinajstić information content (AvgIpc) is 2.94. The molecular formula is C31H41N3O3. The molecule has 0 saturated heterocycles. The molecule has 0 aromatic heterocycles. The topological polar surface area (TPSA) is 54.0 Å².